The molecule has 0 radical (unpaired) electrons. The summed E-state index contributed by atoms with van der Waals surface area (Å²) in [5.74, 6) is 0.879. The topological polar surface area (TPSA) is 64.7 Å². The van der Waals surface area contributed by atoms with Gasteiger partial charge in [0.25, 0.3) is 11.8 Å². The number of rotatable bonds is 10. The highest BCUT2D eigenvalue weighted by molar-refractivity contribution is 5.94. The first kappa shape index (κ1) is 26.9. The predicted octanol–water partition coefficient (Wildman–Crippen LogP) is 4.17. The molecule has 0 aromatic heterocycles. The fourth-order valence-corrected chi connectivity index (χ4v) is 4.28. The Hall–Kier alpha value is -2.70. The molecule has 2 amide bonds. The van der Waals surface area contributed by atoms with E-state index in [1.54, 1.807) is 0 Å². The number of benzene rings is 2. The molecule has 0 spiro atoms. The van der Waals surface area contributed by atoms with E-state index >= 15 is 0 Å². The van der Waals surface area contributed by atoms with Crippen LogP contribution in [0.3, 0.4) is 0 Å². The van der Waals surface area contributed by atoms with Crippen molar-refractivity contribution >= 4 is 11.8 Å². The van der Waals surface area contributed by atoms with E-state index in [0.29, 0.717) is 24.9 Å². The van der Waals surface area contributed by atoms with Crippen LogP contribution < -0.4 is 10.6 Å². The van der Waals surface area contributed by atoms with Crippen molar-refractivity contribution in [1.29, 1.82) is 0 Å². The number of hydrogen-bond donors (Lipinski definition) is 2. The van der Waals surface area contributed by atoms with Crippen molar-refractivity contribution in [3.63, 3.8) is 0 Å². The van der Waals surface area contributed by atoms with Gasteiger partial charge in [0, 0.05) is 50.4 Å². The highest BCUT2D eigenvalue weighted by Crippen LogP contribution is 2.14. The first-order chi connectivity index (χ1) is 16.8. The summed E-state index contributed by atoms with van der Waals surface area (Å²) < 4.78 is 0. The van der Waals surface area contributed by atoms with E-state index in [0.717, 1.165) is 56.8 Å². The summed E-state index contributed by atoms with van der Waals surface area (Å²) in [5.41, 5.74) is 3.82. The van der Waals surface area contributed by atoms with Gasteiger partial charge in [0.1, 0.15) is 0 Å². The minimum absolute atomic E-state index is 0.00251. The molecule has 0 bridgehead atoms. The summed E-state index contributed by atoms with van der Waals surface area (Å²) in [5, 5.41) is 6.01. The first-order valence-electron chi connectivity index (χ1n) is 13.0. The van der Waals surface area contributed by atoms with Crippen molar-refractivity contribution in [3.05, 3.63) is 70.8 Å². The Morgan fingerprint density at radius 1 is 0.714 bits per heavy atom. The number of nitrogens with one attached hydrogen (secondary N) is 2. The zero-order valence-corrected chi connectivity index (χ0v) is 21.8. The van der Waals surface area contributed by atoms with E-state index in [9.17, 15) is 9.59 Å². The molecular formula is C29H42N4O2. The molecule has 6 heteroatoms. The molecule has 2 N–H and O–H groups in total. The minimum atomic E-state index is 0.00251. The Morgan fingerprint density at radius 2 is 1.14 bits per heavy atom. The SMILES string of the molecule is CC(C)CNC(=O)c1cccc(CN2CCCN(Cc3cccc(C(=O)NCC(C)C)c3)CC2)c1. The van der Waals surface area contributed by atoms with E-state index in [1.807, 2.05) is 36.4 Å². The molecule has 1 saturated heterocycles. The average molecular weight is 479 g/mol. The standard InChI is InChI=1S/C29H42N4O2/c1-22(2)18-30-28(34)26-10-5-8-24(16-26)20-32-12-7-13-33(15-14-32)21-25-9-6-11-27(17-25)29(35)31-19-23(3)4/h5-6,8-11,16-17,22-23H,7,12-15,18-21H2,1-4H3,(H,30,34)(H,31,35). The molecule has 1 aliphatic rings. The third kappa shape index (κ3) is 9.11. The maximum absolute atomic E-state index is 12.4. The lowest BCUT2D eigenvalue weighted by molar-refractivity contribution is 0.0941. The van der Waals surface area contributed by atoms with Gasteiger partial charge in [-0.3, -0.25) is 19.4 Å². The Kier molecular flexibility index (Phi) is 10.3. The summed E-state index contributed by atoms with van der Waals surface area (Å²) in [6.07, 6.45) is 1.10. The van der Waals surface area contributed by atoms with Crippen molar-refractivity contribution in [2.45, 2.75) is 47.2 Å². The van der Waals surface area contributed by atoms with Crippen molar-refractivity contribution in [1.82, 2.24) is 20.4 Å². The van der Waals surface area contributed by atoms with Crippen LogP contribution in [0.1, 0.15) is 66.0 Å². The number of carbonyl (C=O) groups is 2. The summed E-state index contributed by atoms with van der Waals surface area (Å²) >= 11 is 0. The molecule has 0 atom stereocenters. The second-order valence-corrected chi connectivity index (χ2v) is 10.5. The van der Waals surface area contributed by atoms with Crippen molar-refractivity contribution in [2.75, 3.05) is 39.3 Å². The minimum Gasteiger partial charge on any atom is -0.352 e. The van der Waals surface area contributed by atoms with Crippen molar-refractivity contribution in [2.24, 2.45) is 11.8 Å². The van der Waals surface area contributed by atoms with Crippen LogP contribution in [0.5, 0.6) is 0 Å². The third-order valence-corrected chi connectivity index (χ3v) is 6.21. The molecule has 35 heavy (non-hydrogen) atoms. The van der Waals surface area contributed by atoms with Crippen molar-refractivity contribution in [3.8, 4) is 0 Å². The molecule has 1 heterocycles. The van der Waals surface area contributed by atoms with E-state index < -0.39 is 0 Å². The summed E-state index contributed by atoms with van der Waals surface area (Å²) in [6.45, 7) is 15.5. The monoisotopic (exact) mass is 478 g/mol. The summed E-state index contributed by atoms with van der Waals surface area (Å²) in [7, 11) is 0. The molecule has 190 valence electrons. The van der Waals surface area contributed by atoms with Crippen LogP contribution in [0.4, 0.5) is 0 Å². The Morgan fingerprint density at radius 3 is 1.54 bits per heavy atom. The molecular weight excluding hydrogens is 436 g/mol. The number of hydrogen-bond acceptors (Lipinski definition) is 4. The zero-order chi connectivity index (χ0) is 25.2. The second-order valence-electron chi connectivity index (χ2n) is 10.5. The lowest BCUT2D eigenvalue weighted by Crippen LogP contribution is -2.31. The third-order valence-electron chi connectivity index (χ3n) is 6.21. The molecule has 0 saturated carbocycles. The van der Waals surface area contributed by atoms with Gasteiger partial charge in [-0.1, -0.05) is 52.0 Å². The van der Waals surface area contributed by atoms with E-state index in [-0.39, 0.29) is 11.8 Å². The fraction of sp³-hybridized carbons (Fsp3) is 0.517. The van der Waals surface area contributed by atoms with Crippen LogP contribution in [0.25, 0.3) is 0 Å². The van der Waals surface area contributed by atoms with Gasteiger partial charge in [-0.25, -0.2) is 0 Å². The highest BCUT2D eigenvalue weighted by atomic mass is 16.2. The van der Waals surface area contributed by atoms with E-state index in [4.69, 9.17) is 0 Å². The van der Waals surface area contributed by atoms with Gasteiger partial charge < -0.3 is 10.6 Å². The molecule has 2 aromatic carbocycles. The number of nitrogens with zero attached hydrogens (tertiary/aromatic N) is 2. The van der Waals surface area contributed by atoms with Crippen LogP contribution >= 0.6 is 0 Å². The summed E-state index contributed by atoms with van der Waals surface area (Å²) in [6, 6.07) is 16.0. The summed E-state index contributed by atoms with van der Waals surface area (Å²) in [4.78, 5) is 29.8. The van der Waals surface area contributed by atoms with Crippen LogP contribution in [0.2, 0.25) is 0 Å². The highest BCUT2D eigenvalue weighted by Gasteiger charge is 2.17. The Bertz CT molecular complexity index is 895. The lowest BCUT2D eigenvalue weighted by Gasteiger charge is -2.22. The van der Waals surface area contributed by atoms with Crippen LogP contribution in [0, 0.1) is 11.8 Å². The van der Waals surface area contributed by atoms with Gasteiger partial charge in [0.15, 0.2) is 0 Å². The van der Waals surface area contributed by atoms with Gasteiger partial charge in [0.05, 0.1) is 0 Å². The maximum Gasteiger partial charge on any atom is 0.251 e. The van der Waals surface area contributed by atoms with Crippen LogP contribution in [0.15, 0.2) is 48.5 Å². The molecule has 2 aromatic rings. The Labute approximate surface area is 211 Å². The van der Waals surface area contributed by atoms with Gasteiger partial charge >= 0.3 is 0 Å². The predicted molar refractivity (Wildman–Crippen MR) is 142 cm³/mol. The largest absolute Gasteiger partial charge is 0.352 e. The quantitative estimate of drug-likeness (QED) is 0.538. The first-order valence-corrected chi connectivity index (χ1v) is 13.0. The molecule has 0 aliphatic carbocycles. The second kappa shape index (κ2) is 13.4. The lowest BCUT2D eigenvalue weighted by atomic mass is 10.1. The van der Waals surface area contributed by atoms with E-state index in [2.05, 4.69) is 60.3 Å². The van der Waals surface area contributed by atoms with Gasteiger partial charge in [0.2, 0.25) is 0 Å². The molecule has 1 aliphatic heterocycles. The van der Waals surface area contributed by atoms with Gasteiger partial charge in [-0.05, 0) is 66.7 Å². The fourth-order valence-electron chi connectivity index (χ4n) is 4.28. The van der Waals surface area contributed by atoms with E-state index in [1.165, 1.54) is 11.1 Å². The number of amides is 2. The normalized spacial score (nSPS) is 15.3. The smallest absolute Gasteiger partial charge is 0.251 e. The van der Waals surface area contributed by atoms with Crippen LogP contribution in [-0.2, 0) is 13.1 Å². The van der Waals surface area contributed by atoms with Crippen molar-refractivity contribution < 1.29 is 9.59 Å². The maximum atomic E-state index is 12.4. The van der Waals surface area contributed by atoms with Gasteiger partial charge in [-0.2, -0.15) is 0 Å². The van der Waals surface area contributed by atoms with Crippen LogP contribution in [-0.4, -0.2) is 60.9 Å². The Balaban J connectivity index is 1.52. The average Bonchev–Trinajstić information content (AvgIpc) is 3.06. The zero-order valence-electron chi connectivity index (χ0n) is 21.8. The molecule has 0 unspecified atom stereocenters. The molecule has 1 fully saturated rings. The molecule has 6 nitrogen and oxygen atoms in total. The molecule has 3 rings (SSSR count). The number of carbonyl (C=O) groups excluding carboxylic acids is 2. The van der Waals surface area contributed by atoms with Gasteiger partial charge in [-0.15, -0.1) is 0 Å².